The number of nitrogens with zero attached hydrogens (tertiary/aromatic N) is 1. The minimum atomic E-state index is 0.483. The highest BCUT2D eigenvalue weighted by atomic mass is 79.9. The highest BCUT2D eigenvalue weighted by molar-refractivity contribution is 9.10. The van der Waals surface area contributed by atoms with Gasteiger partial charge >= 0.3 is 0 Å². The summed E-state index contributed by atoms with van der Waals surface area (Å²) >= 11 is 3.37. The number of ether oxygens (including phenoxy) is 1. The van der Waals surface area contributed by atoms with Gasteiger partial charge in [0.25, 0.3) is 0 Å². The quantitative estimate of drug-likeness (QED) is 0.906. The number of anilines is 1. The van der Waals surface area contributed by atoms with Gasteiger partial charge in [0.2, 0.25) is 0 Å². The first kappa shape index (κ1) is 9.98. The van der Waals surface area contributed by atoms with Crippen LogP contribution < -0.4 is 10.5 Å². The van der Waals surface area contributed by atoms with E-state index in [0.29, 0.717) is 11.6 Å². The Labute approximate surface area is 96.0 Å². The van der Waals surface area contributed by atoms with Crippen molar-refractivity contribution < 1.29 is 4.74 Å². The van der Waals surface area contributed by atoms with Gasteiger partial charge in [-0.3, -0.25) is 0 Å². The molecule has 15 heavy (non-hydrogen) atoms. The van der Waals surface area contributed by atoms with Crippen molar-refractivity contribution in [1.82, 2.24) is 4.98 Å². The molecule has 0 atom stereocenters. The van der Waals surface area contributed by atoms with Crippen LogP contribution in [0.3, 0.4) is 0 Å². The second kappa shape index (κ2) is 4.31. The molecule has 2 N–H and O–H groups in total. The van der Waals surface area contributed by atoms with Gasteiger partial charge in [0.1, 0.15) is 17.3 Å². The summed E-state index contributed by atoms with van der Waals surface area (Å²) in [7, 11) is 0. The molecular formula is C11H9BrN2O. The molecule has 0 spiro atoms. The van der Waals surface area contributed by atoms with Gasteiger partial charge in [-0.15, -0.1) is 0 Å². The molecule has 0 saturated carbocycles. The van der Waals surface area contributed by atoms with Gasteiger partial charge < -0.3 is 10.5 Å². The van der Waals surface area contributed by atoms with Gasteiger partial charge in [0.15, 0.2) is 0 Å². The van der Waals surface area contributed by atoms with Crippen LogP contribution >= 0.6 is 15.9 Å². The third-order valence-corrected chi connectivity index (χ3v) is 2.28. The molecule has 2 aromatic rings. The number of hydrogen-bond acceptors (Lipinski definition) is 3. The maximum absolute atomic E-state index is 5.57. The zero-order chi connectivity index (χ0) is 10.7. The van der Waals surface area contributed by atoms with Crippen LogP contribution in [0, 0.1) is 0 Å². The molecule has 0 aliphatic heterocycles. The van der Waals surface area contributed by atoms with Crippen LogP contribution in [0.1, 0.15) is 0 Å². The van der Waals surface area contributed by atoms with Gasteiger partial charge in [-0.05, 0) is 30.3 Å². The first-order valence-corrected chi connectivity index (χ1v) is 5.18. The monoisotopic (exact) mass is 264 g/mol. The van der Waals surface area contributed by atoms with E-state index >= 15 is 0 Å². The van der Waals surface area contributed by atoms with Crippen LogP contribution in [0.2, 0.25) is 0 Å². The number of halogens is 1. The van der Waals surface area contributed by atoms with E-state index in [1.54, 1.807) is 18.3 Å². The first-order valence-electron chi connectivity index (χ1n) is 4.39. The molecule has 4 heteroatoms. The van der Waals surface area contributed by atoms with Crippen LogP contribution in [-0.4, -0.2) is 4.98 Å². The Bertz CT molecular complexity index is 456. The summed E-state index contributed by atoms with van der Waals surface area (Å²) in [6, 6.07) is 11.1. The van der Waals surface area contributed by atoms with Gasteiger partial charge in [0, 0.05) is 4.47 Å². The van der Waals surface area contributed by atoms with E-state index in [9.17, 15) is 0 Å². The minimum absolute atomic E-state index is 0.483. The number of nitrogen functional groups attached to an aromatic ring is 1. The van der Waals surface area contributed by atoms with Crippen molar-refractivity contribution in [3.8, 4) is 11.5 Å². The number of pyridine rings is 1. The standard InChI is InChI=1S/C11H9BrN2O/c12-8-2-1-3-9(6-8)15-10-4-5-11(13)14-7-10/h1-7H,(H2,13,14). The Balaban J connectivity index is 2.18. The van der Waals surface area contributed by atoms with E-state index in [1.165, 1.54) is 0 Å². The second-order valence-corrected chi connectivity index (χ2v) is 3.89. The maximum atomic E-state index is 5.57. The number of benzene rings is 1. The van der Waals surface area contributed by atoms with Crippen LogP contribution in [0.4, 0.5) is 5.82 Å². The van der Waals surface area contributed by atoms with Gasteiger partial charge in [-0.1, -0.05) is 22.0 Å². The molecule has 0 unspecified atom stereocenters. The summed E-state index contributed by atoms with van der Waals surface area (Å²) in [5.74, 6) is 1.91. The van der Waals surface area contributed by atoms with Crippen molar-refractivity contribution >= 4 is 21.7 Å². The zero-order valence-corrected chi connectivity index (χ0v) is 9.44. The zero-order valence-electron chi connectivity index (χ0n) is 7.85. The SMILES string of the molecule is Nc1ccc(Oc2cccc(Br)c2)cn1. The Hall–Kier alpha value is -1.55. The van der Waals surface area contributed by atoms with E-state index < -0.39 is 0 Å². The lowest BCUT2D eigenvalue weighted by Gasteiger charge is -2.05. The average molecular weight is 265 g/mol. The summed E-state index contributed by atoms with van der Waals surface area (Å²) in [6.07, 6.45) is 1.59. The lowest BCUT2D eigenvalue weighted by molar-refractivity contribution is 0.480. The normalized spacial score (nSPS) is 9.93. The summed E-state index contributed by atoms with van der Waals surface area (Å²) in [4.78, 5) is 3.94. The Morgan fingerprint density at radius 2 is 2.00 bits per heavy atom. The number of hydrogen-bond donors (Lipinski definition) is 1. The largest absolute Gasteiger partial charge is 0.456 e. The maximum Gasteiger partial charge on any atom is 0.145 e. The van der Waals surface area contributed by atoms with Crippen LogP contribution in [0.15, 0.2) is 47.1 Å². The van der Waals surface area contributed by atoms with Gasteiger partial charge in [0.05, 0.1) is 6.20 Å². The average Bonchev–Trinajstić information content (AvgIpc) is 2.22. The van der Waals surface area contributed by atoms with E-state index in [4.69, 9.17) is 10.5 Å². The molecule has 0 saturated heterocycles. The van der Waals surface area contributed by atoms with E-state index in [-0.39, 0.29) is 0 Å². The smallest absolute Gasteiger partial charge is 0.145 e. The summed E-state index contributed by atoms with van der Waals surface area (Å²) in [5.41, 5.74) is 5.47. The Morgan fingerprint density at radius 3 is 2.67 bits per heavy atom. The van der Waals surface area contributed by atoms with Crippen LogP contribution in [0.25, 0.3) is 0 Å². The summed E-state index contributed by atoms with van der Waals surface area (Å²) in [5, 5.41) is 0. The molecule has 2 rings (SSSR count). The van der Waals surface area contributed by atoms with Crippen molar-refractivity contribution in [2.75, 3.05) is 5.73 Å². The molecule has 0 amide bonds. The van der Waals surface area contributed by atoms with Crippen molar-refractivity contribution in [1.29, 1.82) is 0 Å². The van der Waals surface area contributed by atoms with Crippen molar-refractivity contribution in [2.24, 2.45) is 0 Å². The van der Waals surface area contributed by atoms with E-state index in [1.807, 2.05) is 24.3 Å². The lowest BCUT2D eigenvalue weighted by atomic mass is 10.3. The molecular weight excluding hydrogens is 256 g/mol. The van der Waals surface area contributed by atoms with Crippen molar-refractivity contribution in [3.63, 3.8) is 0 Å². The highest BCUT2D eigenvalue weighted by Crippen LogP contribution is 2.23. The summed E-state index contributed by atoms with van der Waals surface area (Å²) < 4.78 is 6.54. The molecule has 0 aliphatic carbocycles. The second-order valence-electron chi connectivity index (χ2n) is 2.98. The number of rotatable bonds is 2. The molecule has 3 nitrogen and oxygen atoms in total. The highest BCUT2D eigenvalue weighted by Gasteiger charge is 1.97. The fourth-order valence-corrected chi connectivity index (χ4v) is 1.50. The number of aromatic nitrogens is 1. The molecule has 1 aromatic heterocycles. The van der Waals surface area contributed by atoms with E-state index in [0.717, 1.165) is 10.2 Å². The van der Waals surface area contributed by atoms with Crippen molar-refractivity contribution in [3.05, 3.63) is 47.1 Å². The molecule has 0 radical (unpaired) electrons. The lowest BCUT2D eigenvalue weighted by Crippen LogP contribution is -1.90. The van der Waals surface area contributed by atoms with Crippen LogP contribution in [0.5, 0.6) is 11.5 Å². The third kappa shape index (κ3) is 2.70. The topological polar surface area (TPSA) is 48.1 Å². The Kier molecular flexibility index (Phi) is 2.87. The molecule has 1 aromatic carbocycles. The van der Waals surface area contributed by atoms with Crippen molar-refractivity contribution in [2.45, 2.75) is 0 Å². The van der Waals surface area contributed by atoms with E-state index in [2.05, 4.69) is 20.9 Å². The fraction of sp³-hybridized carbons (Fsp3) is 0. The predicted octanol–water partition coefficient (Wildman–Crippen LogP) is 3.22. The summed E-state index contributed by atoms with van der Waals surface area (Å²) in [6.45, 7) is 0. The fourth-order valence-electron chi connectivity index (χ4n) is 1.12. The van der Waals surface area contributed by atoms with Gasteiger partial charge in [-0.2, -0.15) is 0 Å². The molecule has 1 heterocycles. The molecule has 76 valence electrons. The third-order valence-electron chi connectivity index (χ3n) is 1.79. The van der Waals surface area contributed by atoms with Gasteiger partial charge in [-0.25, -0.2) is 4.98 Å². The Morgan fingerprint density at radius 1 is 1.13 bits per heavy atom. The molecule has 0 fully saturated rings. The predicted molar refractivity (Wildman–Crippen MR) is 62.9 cm³/mol. The van der Waals surface area contributed by atoms with Crippen LogP contribution in [-0.2, 0) is 0 Å². The molecule has 0 bridgehead atoms. The number of nitrogens with two attached hydrogens (primary N) is 1. The minimum Gasteiger partial charge on any atom is -0.456 e. The molecule has 0 aliphatic rings. The first-order chi connectivity index (χ1) is 7.24.